The molecule has 0 unspecified atom stereocenters. The summed E-state index contributed by atoms with van der Waals surface area (Å²) in [6, 6.07) is 5.01. The third-order valence-electron chi connectivity index (χ3n) is 5.84. The maximum atomic E-state index is 12.9. The Balaban J connectivity index is 1.73. The number of aromatic nitrogens is 3. The maximum Gasteiger partial charge on any atom is 0.256 e. The van der Waals surface area contributed by atoms with Gasteiger partial charge in [-0.25, -0.2) is 4.98 Å². The van der Waals surface area contributed by atoms with Crippen molar-refractivity contribution in [3.05, 3.63) is 35.5 Å². The Morgan fingerprint density at radius 2 is 1.88 bits per heavy atom. The van der Waals surface area contributed by atoms with Gasteiger partial charge in [0.25, 0.3) is 5.91 Å². The molecule has 7 N–H and O–H groups in total. The minimum absolute atomic E-state index is 0.173. The van der Waals surface area contributed by atoms with Crippen molar-refractivity contribution in [3.63, 3.8) is 0 Å². The fourth-order valence-electron chi connectivity index (χ4n) is 4.03. The zero-order valence-electron chi connectivity index (χ0n) is 18.6. The predicted octanol–water partition coefficient (Wildman–Crippen LogP) is 1.25. The number of hydrogen-bond acceptors (Lipinski definition) is 8. The average Bonchev–Trinajstić information content (AvgIpc) is 3.43. The van der Waals surface area contributed by atoms with Crippen LogP contribution in [0.25, 0.3) is 5.65 Å². The first-order valence-corrected chi connectivity index (χ1v) is 10.8. The lowest BCUT2D eigenvalue weighted by Crippen LogP contribution is -2.32. The second-order valence-corrected chi connectivity index (χ2v) is 8.21. The highest BCUT2D eigenvalue weighted by Gasteiger charge is 2.23. The molecule has 33 heavy (non-hydrogen) atoms. The van der Waals surface area contributed by atoms with Crippen molar-refractivity contribution in [2.24, 2.45) is 0 Å². The normalized spacial score (nSPS) is 14.4. The molecule has 0 aliphatic heterocycles. The molecular formula is C21H26B2N8O2. The summed E-state index contributed by atoms with van der Waals surface area (Å²) in [6.07, 6.45) is 5.70. The van der Waals surface area contributed by atoms with Gasteiger partial charge in [-0.1, -0.05) is 12.8 Å². The number of nitrogens with two attached hydrogens (primary N) is 1. The van der Waals surface area contributed by atoms with Crippen LogP contribution in [-0.4, -0.2) is 61.4 Å². The van der Waals surface area contributed by atoms with Crippen molar-refractivity contribution in [1.82, 2.24) is 19.9 Å². The van der Waals surface area contributed by atoms with E-state index in [1.807, 2.05) is 0 Å². The molecule has 0 spiro atoms. The van der Waals surface area contributed by atoms with Gasteiger partial charge in [0.05, 0.1) is 23.3 Å². The monoisotopic (exact) mass is 444 g/mol. The molecule has 1 aromatic carbocycles. The van der Waals surface area contributed by atoms with Crippen LogP contribution in [-0.2, 0) is 5.40 Å². The van der Waals surface area contributed by atoms with Gasteiger partial charge < -0.3 is 32.1 Å². The van der Waals surface area contributed by atoms with E-state index in [1.54, 1.807) is 36.8 Å². The summed E-state index contributed by atoms with van der Waals surface area (Å²) in [5.74, 6) is 0.810. The molecule has 1 aliphatic carbocycles. The number of anilines is 5. The molecule has 1 saturated carbocycles. The lowest BCUT2D eigenvalue weighted by molar-refractivity contribution is 0.0939. The molecule has 2 heterocycles. The molecule has 0 atom stereocenters. The summed E-state index contributed by atoms with van der Waals surface area (Å²) in [7, 11) is 14.8. The fraction of sp³-hybridized carbons (Fsp3) is 0.381. The number of fused-ring (bicyclic) bond motifs is 1. The van der Waals surface area contributed by atoms with E-state index in [2.05, 4.69) is 31.3 Å². The lowest BCUT2D eigenvalue weighted by atomic mass is 9.61. The summed E-state index contributed by atoms with van der Waals surface area (Å²) in [5, 5.41) is 24.6. The third-order valence-corrected chi connectivity index (χ3v) is 5.84. The van der Waals surface area contributed by atoms with E-state index in [1.165, 1.54) is 6.20 Å². The van der Waals surface area contributed by atoms with Gasteiger partial charge in [-0.3, -0.25) is 4.79 Å². The molecule has 12 heteroatoms. The van der Waals surface area contributed by atoms with Crippen molar-refractivity contribution in [2.75, 3.05) is 35.8 Å². The van der Waals surface area contributed by atoms with Crippen molar-refractivity contribution < 1.29 is 9.90 Å². The van der Waals surface area contributed by atoms with E-state index in [9.17, 15) is 9.90 Å². The van der Waals surface area contributed by atoms with Gasteiger partial charge in [0.15, 0.2) is 5.65 Å². The Labute approximate surface area is 194 Å². The first kappa shape index (κ1) is 22.8. The van der Waals surface area contributed by atoms with Gasteiger partial charge in [-0.05, 0) is 30.5 Å². The molecule has 4 rings (SSSR count). The summed E-state index contributed by atoms with van der Waals surface area (Å²) >= 11 is 0. The summed E-state index contributed by atoms with van der Waals surface area (Å²) in [4.78, 5) is 17.5. The smallest absolute Gasteiger partial charge is 0.256 e. The van der Waals surface area contributed by atoms with Gasteiger partial charge in [-0.15, -0.1) is 0 Å². The fourth-order valence-corrected chi connectivity index (χ4v) is 4.03. The van der Waals surface area contributed by atoms with Crippen molar-refractivity contribution >= 4 is 55.9 Å². The van der Waals surface area contributed by atoms with E-state index in [4.69, 9.17) is 21.4 Å². The molecule has 4 radical (unpaired) electrons. The zero-order valence-corrected chi connectivity index (χ0v) is 18.6. The van der Waals surface area contributed by atoms with E-state index < -0.39 is 5.40 Å². The molecule has 1 fully saturated rings. The SMILES string of the molecule is [B]C([B])(O)c1cc(NC)c(N)c(Nc2cc(NC)n3ncc(C(=O)NC4CCCC4)c3n2)c1. The number of benzene rings is 1. The van der Waals surface area contributed by atoms with Crippen LogP contribution < -0.4 is 27.0 Å². The summed E-state index contributed by atoms with van der Waals surface area (Å²) in [5.41, 5.74) is 8.62. The van der Waals surface area contributed by atoms with Crippen LogP contribution in [0.5, 0.6) is 0 Å². The van der Waals surface area contributed by atoms with Crippen molar-refractivity contribution in [1.29, 1.82) is 0 Å². The number of hydrogen-bond donors (Lipinski definition) is 6. The quantitative estimate of drug-likeness (QED) is 0.236. The number of amides is 1. The molecule has 168 valence electrons. The Morgan fingerprint density at radius 1 is 1.18 bits per heavy atom. The highest BCUT2D eigenvalue weighted by molar-refractivity contribution is 6.38. The molecule has 0 bridgehead atoms. The zero-order chi connectivity index (χ0) is 23.8. The number of nitrogens with one attached hydrogen (secondary N) is 4. The highest BCUT2D eigenvalue weighted by atomic mass is 16.3. The second-order valence-electron chi connectivity index (χ2n) is 8.21. The molecule has 2 aromatic heterocycles. The first-order chi connectivity index (χ1) is 15.7. The summed E-state index contributed by atoms with van der Waals surface area (Å²) in [6.45, 7) is 0. The standard InChI is InChI=1S/C21H26B2N8O2/c1-25-14-7-11(21(22,23)33)8-15(18(14)24)29-16-9-17(26-2)31-19(30-16)13(10-27-31)20(32)28-12-5-3-4-6-12/h7-10,12,25-26,33H,3-6,24H2,1-2H3,(H,28,32)(H,29,30). The maximum absolute atomic E-state index is 12.9. The van der Waals surface area contributed by atoms with Crippen molar-refractivity contribution in [2.45, 2.75) is 37.1 Å². The molecule has 10 nitrogen and oxygen atoms in total. The minimum atomic E-state index is -2.06. The molecular weight excluding hydrogens is 418 g/mol. The van der Waals surface area contributed by atoms with Crippen LogP contribution in [0, 0.1) is 0 Å². The largest absolute Gasteiger partial charge is 0.405 e. The van der Waals surface area contributed by atoms with Crippen LogP contribution in [0.4, 0.5) is 28.7 Å². The predicted molar refractivity (Wildman–Crippen MR) is 131 cm³/mol. The minimum Gasteiger partial charge on any atom is -0.405 e. The number of aliphatic hydroxyl groups is 1. The Morgan fingerprint density at radius 3 is 2.52 bits per heavy atom. The number of carbonyl (C=O) groups is 1. The van der Waals surface area contributed by atoms with E-state index in [0.717, 1.165) is 25.7 Å². The molecule has 0 saturated heterocycles. The number of nitrogens with zero attached hydrogens (tertiary/aromatic N) is 3. The topological polar surface area (TPSA) is 142 Å². The molecule has 3 aromatic rings. The van der Waals surface area contributed by atoms with Crippen LogP contribution in [0.2, 0.25) is 0 Å². The van der Waals surface area contributed by atoms with Crippen LogP contribution in [0.1, 0.15) is 41.6 Å². The highest BCUT2D eigenvalue weighted by Crippen LogP contribution is 2.34. The van der Waals surface area contributed by atoms with E-state index >= 15 is 0 Å². The van der Waals surface area contributed by atoms with Gasteiger partial charge in [-0.2, -0.15) is 9.61 Å². The van der Waals surface area contributed by atoms with E-state index in [0.29, 0.717) is 39.9 Å². The number of rotatable bonds is 7. The van der Waals surface area contributed by atoms with Crippen molar-refractivity contribution in [3.8, 4) is 0 Å². The Bertz CT molecular complexity index is 1190. The number of carbonyl (C=O) groups excluding carboxylic acids is 1. The van der Waals surface area contributed by atoms with Gasteiger partial charge in [0.1, 0.15) is 32.9 Å². The average molecular weight is 444 g/mol. The van der Waals surface area contributed by atoms with Gasteiger partial charge in [0, 0.05) is 31.6 Å². The van der Waals surface area contributed by atoms with Crippen LogP contribution in [0.15, 0.2) is 24.4 Å². The molecule has 1 amide bonds. The van der Waals surface area contributed by atoms with E-state index in [-0.39, 0.29) is 17.5 Å². The van der Waals surface area contributed by atoms with Crippen LogP contribution >= 0.6 is 0 Å². The van der Waals surface area contributed by atoms with Crippen LogP contribution in [0.3, 0.4) is 0 Å². The third kappa shape index (κ3) is 4.56. The Hall–Kier alpha value is -3.40. The first-order valence-electron chi connectivity index (χ1n) is 10.8. The second kappa shape index (κ2) is 8.86. The summed E-state index contributed by atoms with van der Waals surface area (Å²) < 4.78 is 1.56. The molecule has 1 aliphatic rings. The van der Waals surface area contributed by atoms with Gasteiger partial charge >= 0.3 is 0 Å². The lowest BCUT2D eigenvalue weighted by Gasteiger charge is -2.23. The number of nitrogen functional groups attached to an aromatic ring is 1. The van der Waals surface area contributed by atoms with Gasteiger partial charge in [0.2, 0.25) is 0 Å². The Kier molecular flexibility index (Phi) is 6.11.